The van der Waals surface area contributed by atoms with Gasteiger partial charge in [-0.3, -0.25) is 4.79 Å². The minimum Gasteiger partial charge on any atom is -0.496 e. The normalized spacial score (nSPS) is 11.0. The number of nitrogens with zero attached hydrogens (tertiary/aromatic N) is 2. The molecule has 6 nitrogen and oxygen atoms in total. The van der Waals surface area contributed by atoms with E-state index in [-0.39, 0.29) is 5.91 Å². The van der Waals surface area contributed by atoms with Crippen LogP contribution in [0.15, 0.2) is 60.7 Å². The molecule has 0 fully saturated rings. The number of aryl methyl sites for hydroxylation is 4. The van der Waals surface area contributed by atoms with Gasteiger partial charge in [-0.1, -0.05) is 35.9 Å². The number of aromatic nitrogens is 2. The first kappa shape index (κ1) is 26.6. The lowest BCUT2D eigenvalue weighted by atomic mass is 10.1. The van der Waals surface area contributed by atoms with Crippen molar-refractivity contribution in [2.45, 2.75) is 46.1 Å². The third-order valence-corrected chi connectivity index (χ3v) is 7.00. The number of fused-ring (bicyclic) bond motifs is 1. The van der Waals surface area contributed by atoms with Crippen LogP contribution < -0.4 is 14.8 Å². The van der Waals surface area contributed by atoms with Crippen LogP contribution in [-0.2, 0) is 13.0 Å². The molecule has 0 aliphatic heterocycles. The van der Waals surface area contributed by atoms with Crippen molar-refractivity contribution < 1.29 is 14.3 Å². The molecule has 0 aliphatic carbocycles. The fourth-order valence-corrected chi connectivity index (χ4v) is 4.60. The number of carbonyl (C=O) groups is 1. The molecule has 194 valence electrons. The third-order valence-electron chi connectivity index (χ3n) is 6.40. The fraction of sp³-hybridized carbons (Fsp3) is 0.333. The van der Waals surface area contributed by atoms with Gasteiger partial charge in [-0.05, 0) is 80.6 Å². The number of ether oxygens (including phenoxy) is 2. The van der Waals surface area contributed by atoms with Crippen molar-refractivity contribution in [2.24, 2.45) is 0 Å². The van der Waals surface area contributed by atoms with Gasteiger partial charge in [-0.2, -0.15) is 0 Å². The Labute approximate surface area is 223 Å². The van der Waals surface area contributed by atoms with Crippen molar-refractivity contribution in [2.75, 3.05) is 20.3 Å². The first-order valence-corrected chi connectivity index (χ1v) is 13.1. The molecule has 1 N–H and O–H groups in total. The van der Waals surface area contributed by atoms with E-state index in [1.54, 1.807) is 19.2 Å². The van der Waals surface area contributed by atoms with Crippen LogP contribution in [0.2, 0.25) is 5.02 Å². The SMILES string of the molecule is COc1ccccc1C(=O)NCCCc1nc2ccccc2n1CCCCOc1cc(C)c(Cl)c(C)c1. The molecular formula is C30H34ClN3O3. The van der Waals surface area contributed by atoms with Crippen molar-refractivity contribution in [1.29, 1.82) is 0 Å². The zero-order chi connectivity index (χ0) is 26.2. The summed E-state index contributed by atoms with van der Waals surface area (Å²) in [4.78, 5) is 17.4. The monoisotopic (exact) mass is 519 g/mol. The van der Waals surface area contributed by atoms with Gasteiger partial charge in [0.2, 0.25) is 0 Å². The van der Waals surface area contributed by atoms with Gasteiger partial charge in [-0.15, -0.1) is 0 Å². The van der Waals surface area contributed by atoms with E-state index in [1.807, 2.05) is 56.3 Å². The number of rotatable bonds is 12. The van der Waals surface area contributed by atoms with E-state index in [0.717, 1.165) is 71.0 Å². The smallest absolute Gasteiger partial charge is 0.255 e. The van der Waals surface area contributed by atoms with Gasteiger partial charge in [0.15, 0.2) is 0 Å². The molecule has 1 heterocycles. The number of unbranched alkanes of at least 4 members (excludes halogenated alkanes) is 1. The summed E-state index contributed by atoms with van der Waals surface area (Å²) in [5, 5.41) is 3.80. The molecule has 7 heteroatoms. The lowest BCUT2D eigenvalue weighted by Gasteiger charge is -2.12. The van der Waals surface area contributed by atoms with Gasteiger partial charge >= 0.3 is 0 Å². The van der Waals surface area contributed by atoms with Gasteiger partial charge in [0.1, 0.15) is 17.3 Å². The highest BCUT2D eigenvalue weighted by molar-refractivity contribution is 6.32. The Morgan fingerprint density at radius 1 is 1.00 bits per heavy atom. The maximum atomic E-state index is 12.6. The van der Waals surface area contributed by atoms with Crippen LogP contribution in [0.3, 0.4) is 0 Å². The quantitative estimate of drug-likeness (QED) is 0.216. The van der Waals surface area contributed by atoms with Crippen LogP contribution in [0.4, 0.5) is 0 Å². The Morgan fingerprint density at radius 2 is 1.73 bits per heavy atom. The maximum absolute atomic E-state index is 12.6. The molecule has 0 radical (unpaired) electrons. The van der Waals surface area contributed by atoms with Crippen LogP contribution in [0, 0.1) is 13.8 Å². The van der Waals surface area contributed by atoms with Crippen LogP contribution in [0.1, 0.15) is 46.6 Å². The van der Waals surface area contributed by atoms with Crippen molar-refractivity contribution in [3.05, 3.63) is 88.2 Å². The molecular weight excluding hydrogens is 486 g/mol. The number of imidazole rings is 1. The van der Waals surface area contributed by atoms with Crippen molar-refractivity contribution in [3.8, 4) is 11.5 Å². The van der Waals surface area contributed by atoms with Gasteiger partial charge in [-0.25, -0.2) is 4.98 Å². The largest absolute Gasteiger partial charge is 0.496 e. The van der Waals surface area contributed by atoms with E-state index in [1.165, 1.54) is 0 Å². The van der Waals surface area contributed by atoms with Crippen LogP contribution in [0.25, 0.3) is 11.0 Å². The van der Waals surface area contributed by atoms with E-state index in [9.17, 15) is 4.79 Å². The van der Waals surface area contributed by atoms with Gasteiger partial charge < -0.3 is 19.4 Å². The highest BCUT2D eigenvalue weighted by Crippen LogP contribution is 2.26. The first-order valence-electron chi connectivity index (χ1n) is 12.7. The lowest BCUT2D eigenvalue weighted by Crippen LogP contribution is -2.25. The Hall–Kier alpha value is -3.51. The highest BCUT2D eigenvalue weighted by Gasteiger charge is 2.13. The molecule has 1 amide bonds. The number of carbonyl (C=O) groups excluding carboxylic acids is 1. The van der Waals surface area contributed by atoms with E-state index in [4.69, 9.17) is 26.1 Å². The molecule has 0 aliphatic rings. The molecule has 0 spiro atoms. The molecule has 0 atom stereocenters. The van der Waals surface area contributed by atoms with E-state index in [2.05, 4.69) is 16.0 Å². The highest BCUT2D eigenvalue weighted by atomic mass is 35.5. The van der Waals surface area contributed by atoms with Crippen LogP contribution >= 0.6 is 11.6 Å². The molecule has 37 heavy (non-hydrogen) atoms. The average Bonchev–Trinajstić information content (AvgIpc) is 3.26. The molecule has 4 aromatic rings. The van der Waals surface area contributed by atoms with Crippen molar-refractivity contribution in [1.82, 2.24) is 14.9 Å². The van der Waals surface area contributed by atoms with Crippen molar-refractivity contribution >= 4 is 28.5 Å². The Bertz CT molecular complexity index is 1340. The Balaban J connectivity index is 1.30. The topological polar surface area (TPSA) is 65.4 Å². The van der Waals surface area contributed by atoms with E-state index in [0.29, 0.717) is 24.5 Å². The average molecular weight is 520 g/mol. The van der Waals surface area contributed by atoms with Gasteiger partial charge in [0.05, 0.1) is 30.3 Å². The number of hydrogen-bond donors (Lipinski definition) is 1. The molecule has 4 rings (SSSR count). The standard InChI is InChI=1S/C30H34ClN3O3/c1-21-19-23(20-22(2)29(21)31)37-18-9-8-17-34-26-13-6-5-12-25(26)33-28(34)15-10-16-32-30(35)24-11-4-7-14-27(24)36-3/h4-7,11-14,19-20H,8-10,15-18H2,1-3H3,(H,32,35). The number of para-hydroxylation sites is 3. The number of hydrogen-bond acceptors (Lipinski definition) is 4. The summed E-state index contributed by atoms with van der Waals surface area (Å²) in [6.07, 6.45) is 3.48. The number of methoxy groups -OCH3 is 1. The second-order valence-electron chi connectivity index (χ2n) is 9.15. The molecule has 0 unspecified atom stereocenters. The lowest BCUT2D eigenvalue weighted by molar-refractivity contribution is 0.0950. The second kappa shape index (κ2) is 12.6. The van der Waals surface area contributed by atoms with E-state index < -0.39 is 0 Å². The fourth-order valence-electron chi connectivity index (χ4n) is 4.49. The molecule has 0 saturated heterocycles. The second-order valence-corrected chi connectivity index (χ2v) is 9.53. The molecule has 3 aromatic carbocycles. The first-order chi connectivity index (χ1) is 18.0. The van der Waals surface area contributed by atoms with Gasteiger partial charge in [0, 0.05) is 24.5 Å². The summed E-state index contributed by atoms with van der Waals surface area (Å²) < 4.78 is 13.6. The predicted octanol–water partition coefficient (Wildman–Crippen LogP) is 6.54. The third kappa shape index (κ3) is 6.63. The zero-order valence-electron chi connectivity index (χ0n) is 21.7. The van der Waals surface area contributed by atoms with Crippen molar-refractivity contribution in [3.63, 3.8) is 0 Å². The minimum atomic E-state index is -0.128. The maximum Gasteiger partial charge on any atom is 0.255 e. The van der Waals surface area contributed by atoms with Gasteiger partial charge in [0.25, 0.3) is 5.91 Å². The zero-order valence-corrected chi connectivity index (χ0v) is 22.5. The Morgan fingerprint density at radius 3 is 2.51 bits per heavy atom. The molecule has 1 aromatic heterocycles. The number of halogens is 1. The number of amides is 1. The summed E-state index contributed by atoms with van der Waals surface area (Å²) >= 11 is 6.26. The summed E-state index contributed by atoms with van der Waals surface area (Å²) in [7, 11) is 1.57. The summed E-state index contributed by atoms with van der Waals surface area (Å²) in [5.74, 6) is 2.35. The molecule has 0 bridgehead atoms. The Kier molecular flexibility index (Phi) is 9.07. The van der Waals surface area contributed by atoms with Crippen LogP contribution in [0.5, 0.6) is 11.5 Å². The summed E-state index contributed by atoms with van der Waals surface area (Å²) in [6, 6.07) is 19.5. The van der Waals surface area contributed by atoms with E-state index >= 15 is 0 Å². The molecule has 0 saturated carbocycles. The summed E-state index contributed by atoms with van der Waals surface area (Å²) in [6.45, 7) is 6.08. The predicted molar refractivity (Wildman–Crippen MR) is 149 cm³/mol. The number of nitrogens with one attached hydrogen (secondary N) is 1. The summed E-state index contributed by atoms with van der Waals surface area (Å²) in [5.41, 5.74) is 4.75. The van der Waals surface area contributed by atoms with Crippen LogP contribution in [-0.4, -0.2) is 35.7 Å². The minimum absolute atomic E-state index is 0.128. The number of benzene rings is 3.